The molecule has 1 aliphatic heterocycles. The number of hydrogen-bond donors (Lipinski definition) is 0. The Labute approximate surface area is 78.2 Å². The smallest absolute Gasteiger partial charge is 0.237 e. The summed E-state index contributed by atoms with van der Waals surface area (Å²) in [7, 11) is 0. The van der Waals surface area contributed by atoms with E-state index in [1.807, 2.05) is 11.0 Å². The Morgan fingerprint density at radius 2 is 2.42 bits per heavy atom. The maximum Gasteiger partial charge on any atom is 0.237 e. The Morgan fingerprint density at radius 3 is 3.00 bits per heavy atom. The molecule has 0 aromatic heterocycles. The average molecular weight is 188 g/mol. The average Bonchev–Trinajstić information content (AvgIpc) is 2.16. The van der Waals surface area contributed by atoms with Gasteiger partial charge in [-0.15, -0.1) is 18.2 Å². The number of nitrogens with zero attached hydrogens (tertiary/aromatic N) is 1. The molecule has 0 bridgehead atoms. The number of carbonyl (C=O) groups is 1. The third-order valence-corrected chi connectivity index (χ3v) is 2.48. The Kier molecular flexibility index (Phi) is 3.60. The Hall–Kier alpha value is -0.500. The van der Waals surface area contributed by atoms with Crippen LogP contribution in [0.25, 0.3) is 0 Å². The van der Waals surface area contributed by atoms with Crippen LogP contribution in [0.3, 0.4) is 0 Å². The molecule has 12 heavy (non-hydrogen) atoms. The van der Waals surface area contributed by atoms with E-state index in [4.69, 9.17) is 11.6 Å². The van der Waals surface area contributed by atoms with Gasteiger partial charge in [0.05, 0.1) is 0 Å². The first kappa shape index (κ1) is 9.59. The van der Waals surface area contributed by atoms with E-state index in [0.717, 1.165) is 19.4 Å². The molecule has 0 aromatic rings. The van der Waals surface area contributed by atoms with Crippen molar-refractivity contribution in [1.82, 2.24) is 4.90 Å². The van der Waals surface area contributed by atoms with Crippen molar-refractivity contribution in [1.29, 1.82) is 0 Å². The number of hydrogen-bond acceptors (Lipinski definition) is 1. The second kappa shape index (κ2) is 4.51. The minimum atomic E-state index is 0.0290. The van der Waals surface area contributed by atoms with Gasteiger partial charge in [-0.25, -0.2) is 0 Å². The topological polar surface area (TPSA) is 20.3 Å². The van der Waals surface area contributed by atoms with Gasteiger partial charge in [0.1, 0.15) is 5.88 Å². The van der Waals surface area contributed by atoms with Gasteiger partial charge in [-0.05, 0) is 19.3 Å². The molecule has 0 N–H and O–H groups in total. The van der Waals surface area contributed by atoms with Crippen LogP contribution in [0.1, 0.15) is 19.3 Å². The summed E-state index contributed by atoms with van der Waals surface area (Å²) in [6.45, 7) is 4.55. The second-order valence-corrected chi connectivity index (χ2v) is 3.29. The highest BCUT2D eigenvalue weighted by molar-refractivity contribution is 6.27. The number of halogens is 1. The van der Waals surface area contributed by atoms with Gasteiger partial charge in [-0.2, -0.15) is 0 Å². The first-order chi connectivity index (χ1) is 5.79. The zero-order chi connectivity index (χ0) is 8.97. The molecule has 0 aliphatic carbocycles. The number of rotatable bonds is 2. The summed E-state index contributed by atoms with van der Waals surface area (Å²) in [5.74, 6) is 0.117. The molecule has 1 amide bonds. The van der Waals surface area contributed by atoms with Crippen LogP contribution in [0.5, 0.6) is 0 Å². The molecule has 0 spiro atoms. The van der Waals surface area contributed by atoms with Crippen molar-refractivity contribution >= 4 is 17.5 Å². The highest BCUT2D eigenvalue weighted by Gasteiger charge is 2.23. The van der Waals surface area contributed by atoms with E-state index >= 15 is 0 Å². The van der Waals surface area contributed by atoms with Crippen LogP contribution in [0.2, 0.25) is 0 Å². The molecule has 1 atom stereocenters. The Bertz CT molecular complexity index is 181. The van der Waals surface area contributed by atoms with Crippen molar-refractivity contribution in [2.24, 2.45) is 0 Å². The first-order valence-electron chi connectivity index (χ1n) is 4.27. The monoisotopic (exact) mass is 187 g/mol. The van der Waals surface area contributed by atoms with Crippen LogP contribution in [0.15, 0.2) is 12.7 Å². The van der Waals surface area contributed by atoms with Gasteiger partial charge < -0.3 is 4.90 Å². The van der Waals surface area contributed by atoms with Gasteiger partial charge in [0.25, 0.3) is 0 Å². The number of carbonyl (C=O) groups excluding carboxylic acids is 1. The van der Waals surface area contributed by atoms with Crippen LogP contribution in [0.4, 0.5) is 0 Å². The third-order valence-electron chi connectivity index (χ3n) is 2.26. The lowest BCUT2D eigenvalue weighted by molar-refractivity contribution is -0.130. The van der Waals surface area contributed by atoms with Crippen LogP contribution in [0, 0.1) is 0 Å². The molecule has 0 saturated carbocycles. The van der Waals surface area contributed by atoms with Crippen LogP contribution >= 0.6 is 11.6 Å². The lowest BCUT2D eigenvalue weighted by Gasteiger charge is -2.33. The predicted molar refractivity (Wildman–Crippen MR) is 50.3 cm³/mol. The molecule has 68 valence electrons. The molecule has 1 saturated heterocycles. The van der Waals surface area contributed by atoms with Crippen molar-refractivity contribution in [2.75, 3.05) is 12.4 Å². The lowest BCUT2D eigenvalue weighted by atomic mass is 10.0. The Balaban J connectivity index is 2.58. The molecule has 1 heterocycles. The lowest BCUT2D eigenvalue weighted by Crippen LogP contribution is -2.43. The predicted octanol–water partition coefficient (Wildman–Crippen LogP) is 1.79. The number of alkyl halides is 1. The van der Waals surface area contributed by atoms with Gasteiger partial charge in [-0.3, -0.25) is 4.79 Å². The molecule has 1 rings (SSSR count). The maximum absolute atomic E-state index is 11.3. The number of likely N-dealkylation sites (tertiary alicyclic amines) is 1. The maximum atomic E-state index is 11.3. The van der Waals surface area contributed by atoms with Crippen LogP contribution in [-0.2, 0) is 4.79 Å². The number of amides is 1. The molecular formula is C9H14ClNO. The third kappa shape index (κ3) is 2.01. The summed E-state index contributed by atoms with van der Waals surface area (Å²) in [6, 6.07) is 0.213. The summed E-state index contributed by atoms with van der Waals surface area (Å²) >= 11 is 5.48. The quantitative estimate of drug-likeness (QED) is 0.477. The Morgan fingerprint density at radius 1 is 1.67 bits per heavy atom. The second-order valence-electron chi connectivity index (χ2n) is 3.02. The van der Waals surface area contributed by atoms with Gasteiger partial charge in [0, 0.05) is 12.6 Å². The van der Waals surface area contributed by atoms with Crippen LogP contribution < -0.4 is 0 Å². The minimum absolute atomic E-state index is 0.0290. The van der Waals surface area contributed by atoms with Gasteiger partial charge in [0.15, 0.2) is 0 Å². The first-order valence-corrected chi connectivity index (χ1v) is 4.81. The normalized spacial score (nSPS) is 23.8. The number of piperidine rings is 1. The summed E-state index contributed by atoms with van der Waals surface area (Å²) in [5, 5.41) is 0. The largest absolute Gasteiger partial charge is 0.335 e. The summed E-state index contributed by atoms with van der Waals surface area (Å²) in [4.78, 5) is 13.1. The SMILES string of the molecule is C=CC1CCCCN1C(=O)CCl. The molecule has 1 aliphatic rings. The molecule has 1 fully saturated rings. The molecule has 2 nitrogen and oxygen atoms in total. The van der Waals surface area contributed by atoms with E-state index in [-0.39, 0.29) is 17.8 Å². The fraction of sp³-hybridized carbons (Fsp3) is 0.667. The summed E-state index contributed by atoms with van der Waals surface area (Å²) in [6.07, 6.45) is 5.14. The minimum Gasteiger partial charge on any atom is -0.335 e. The van der Waals surface area contributed by atoms with E-state index in [1.165, 1.54) is 6.42 Å². The fourth-order valence-electron chi connectivity index (χ4n) is 1.59. The molecule has 3 heteroatoms. The molecule has 0 aromatic carbocycles. The van der Waals surface area contributed by atoms with E-state index in [9.17, 15) is 4.79 Å². The van der Waals surface area contributed by atoms with Crippen molar-refractivity contribution in [3.05, 3.63) is 12.7 Å². The molecule has 0 radical (unpaired) electrons. The van der Waals surface area contributed by atoms with E-state index in [0.29, 0.717) is 0 Å². The van der Waals surface area contributed by atoms with Crippen LogP contribution in [-0.4, -0.2) is 29.3 Å². The summed E-state index contributed by atoms with van der Waals surface area (Å²) < 4.78 is 0. The van der Waals surface area contributed by atoms with Crippen molar-refractivity contribution in [2.45, 2.75) is 25.3 Å². The fourth-order valence-corrected chi connectivity index (χ4v) is 1.74. The zero-order valence-corrected chi connectivity index (χ0v) is 7.89. The van der Waals surface area contributed by atoms with E-state index in [2.05, 4.69) is 6.58 Å². The van der Waals surface area contributed by atoms with Gasteiger partial charge >= 0.3 is 0 Å². The van der Waals surface area contributed by atoms with E-state index < -0.39 is 0 Å². The van der Waals surface area contributed by atoms with Crippen molar-refractivity contribution in [3.63, 3.8) is 0 Å². The van der Waals surface area contributed by atoms with Gasteiger partial charge in [-0.1, -0.05) is 6.08 Å². The highest BCUT2D eigenvalue weighted by atomic mass is 35.5. The van der Waals surface area contributed by atoms with E-state index in [1.54, 1.807) is 0 Å². The molecule has 1 unspecified atom stereocenters. The van der Waals surface area contributed by atoms with Crippen molar-refractivity contribution < 1.29 is 4.79 Å². The summed E-state index contributed by atoms with van der Waals surface area (Å²) in [5.41, 5.74) is 0. The molecular weight excluding hydrogens is 174 g/mol. The highest BCUT2D eigenvalue weighted by Crippen LogP contribution is 2.17. The van der Waals surface area contributed by atoms with Crippen molar-refractivity contribution in [3.8, 4) is 0 Å². The zero-order valence-electron chi connectivity index (χ0n) is 7.13. The van der Waals surface area contributed by atoms with Gasteiger partial charge in [0.2, 0.25) is 5.91 Å². The standard InChI is InChI=1S/C9H14ClNO/c1-2-8-5-3-4-6-11(8)9(12)7-10/h2,8H,1,3-7H2.